The van der Waals surface area contributed by atoms with Crippen LogP contribution < -0.4 is 5.32 Å². The first-order valence-electron chi connectivity index (χ1n) is 10.5. The minimum atomic E-state index is 0.0116. The van der Waals surface area contributed by atoms with E-state index in [-0.39, 0.29) is 11.8 Å². The molecule has 7 nitrogen and oxygen atoms in total. The number of carbonyl (C=O) groups is 2. The van der Waals surface area contributed by atoms with Crippen LogP contribution in [0.3, 0.4) is 0 Å². The van der Waals surface area contributed by atoms with Gasteiger partial charge in [0.15, 0.2) is 0 Å². The lowest BCUT2D eigenvalue weighted by Gasteiger charge is -2.34. The maximum atomic E-state index is 13.2. The molecule has 4 rings (SSSR count). The molecule has 1 aliphatic carbocycles. The summed E-state index contributed by atoms with van der Waals surface area (Å²) in [5.74, 6) is 0.0994. The van der Waals surface area contributed by atoms with E-state index in [4.69, 9.17) is 11.6 Å². The molecule has 0 atom stereocenters. The number of amides is 2. The molecular weight excluding hydrogens is 402 g/mol. The topological polar surface area (TPSA) is 70.5 Å². The first-order valence-corrected chi connectivity index (χ1v) is 10.9. The molecule has 8 heteroatoms. The van der Waals surface area contributed by atoms with Crippen molar-refractivity contribution in [1.29, 1.82) is 0 Å². The van der Waals surface area contributed by atoms with Crippen molar-refractivity contribution in [3.05, 3.63) is 51.8 Å². The predicted octanol–water partition coefficient (Wildman–Crippen LogP) is 2.24. The zero-order valence-corrected chi connectivity index (χ0v) is 18.3. The van der Waals surface area contributed by atoms with Crippen molar-refractivity contribution < 1.29 is 9.59 Å². The van der Waals surface area contributed by atoms with Gasteiger partial charge in [-0.05, 0) is 38.3 Å². The first kappa shape index (κ1) is 20.9. The Balaban J connectivity index is 1.38. The van der Waals surface area contributed by atoms with Crippen LogP contribution in [0.25, 0.3) is 0 Å². The van der Waals surface area contributed by atoms with Crippen LogP contribution in [0.4, 0.5) is 0 Å². The number of carbonyl (C=O) groups excluding carboxylic acids is 2. The summed E-state index contributed by atoms with van der Waals surface area (Å²) in [6.45, 7) is 7.39. The first-order chi connectivity index (χ1) is 14.4. The van der Waals surface area contributed by atoms with Crippen LogP contribution in [0.2, 0.25) is 5.02 Å². The van der Waals surface area contributed by atoms with E-state index >= 15 is 0 Å². The van der Waals surface area contributed by atoms with E-state index in [1.165, 1.54) is 0 Å². The van der Waals surface area contributed by atoms with Gasteiger partial charge in [0.2, 0.25) is 5.91 Å². The Labute approximate surface area is 182 Å². The molecule has 1 aromatic carbocycles. The zero-order chi connectivity index (χ0) is 21.3. The second kappa shape index (κ2) is 8.78. The van der Waals surface area contributed by atoms with Crippen molar-refractivity contribution in [2.75, 3.05) is 32.7 Å². The summed E-state index contributed by atoms with van der Waals surface area (Å²) in [4.78, 5) is 29.2. The van der Waals surface area contributed by atoms with Crippen LogP contribution >= 0.6 is 11.6 Å². The number of hydrogen-bond donors (Lipinski definition) is 1. The molecule has 2 amide bonds. The van der Waals surface area contributed by atoms with Gasteiger partial charge in [-0.3, -0.25) is 19.2 Å². The van der Waals surface area contributed by atoms with Gasteiger partial charge in [0.25, 0.3) is 5.91 Å². The largest absolute Gasteiger partial charge is 0.352 e. The normalized spacial score (nSPS) is 17.2. The Morgan fingerprint density at radius 2 is 1.83 bits per heavy atom. The SMILES string of the molecule is Cc1nn(Cc2ccccc2Cl)c(C)c1C(=O)N1CCN(CC(=O)NC2CC2)CC1. The van der Waals surface area contributed by atoms with Crippen molar-refractivity contribution in [2.45, 2.75) is 39.3 Å². The second-order valence-corrected chi connectivity index (χ2v) is 8.61. The molecule has 1 aromatic heterocycles. The maximum Gasteiger partial charge on any atom is 0.257 e. The van der Waals surface area contributed by atoms with E-state index < -0.39 is 0 Å². The minimum absolute atomic E-state index is 0.0116. The molecule has 2 heterocycles. The fourth-order valence-electron chi connectivity index (χ4n) is 3.92. The van der Waals surface area contributed by atoms with Crippen molar-refractivity contribution >= 4 is 23.4 Å². The average Bonchev–Trinajstić information content (AvgIpc) is 3.48. The molecule has 30 heavy (non-hydrogen) atoms. The third kappa shape index (κ3) is 4.68. The lowest BCUT2D eigenvalue weighted by Crippen LogP contribution is -2.51. The van der Waals surface area contributed by atoms with E-state index in [0.717, 1.165) is 29.8 Å². The van der Waals surface area contributed by atoms with Crippen LogP contribution in [-0.4, -0.2) is 70.2 Å². The molecule has 2 aromatic rings. The Bertz CT molecular complexity index is 945. The van der Waals surface area contributed by atoms with Gasteiger partial charge in [0.1, 0.15) is 0 Å². The molecule has 160 valence electrons. The fraction of sp³-hybridized carbons (Fsp3) is 0.500. The number of rotatable bonds is 6. The molecule has 0 bridgehead atoms. The van der Waals surface area contributed by atoms with E-state index in [0.29, 0.717) is 55.9 Å². The van der Waals surface area contributed by atoms with Crippen molar-refractivity contribution in [3.8, 4) is 0 Å². The highest BCUT2D eigenvalue weighted by Crippen LogP contribution is 2.21. The standard InChI is InChI=1S/C22H28ClN5O2/c1-15-21(16(2)28(25-15)13-17-5-3-4-6-19(17)23)22(30)27-11-9-26(10-12-27)14-20(29)24-18-7-8-18/h3-6,18H,7-14H2,1-2H3,(H,24,29). The molecule has 1 saturated carbocycles. The van der Waals surface area contributed by atoms with Crippen LogP contribution in [0.15, 0.2) is 24.3 Å². The molecule has 0 spiro atoms. The number of nitrogens with one attached hydrogen (secondary N) is 1. The summed E-state index contributed by atoms with van der Waals surface area (Å²) >= 11 is 6.29. The van der Waals surface area contributed by atoms with Gasteiger partial charge in [0, 0.05) is 42.9 Å². The number of halogens is 1. The smallest absolute Gasteiger partial charge is 0.257 e. The van der Waals surface area contributed by atoms with Gasteiger partial charge in [0.05, 0.1) is 24.3 Å². The summed E-state index contributed by atoms with van der Waals surface area (Å²) in [7, 11) is 0. The highest BCUT2D eigenvalue weighted by Gasteiger charge is 2.29. The van der Waals surface area contributed by atoms with Crippen LogP contribution in [-0.2, 0) is 11.3 Å². The lowest BCUT2D eigenvalue weighted by atomic mass is 10.1. The average molecular weight is 430 g/mol. The van der Waals surface area contributed by atoms with E-state index in [1.807, 2.05) is 47.7 Å². The molecular formula is C22H28ClN5O2. The monoisotopic (exact) mass is 429 g/mol. The Kier molecular flexibility index (Phi) is 6.11. The highest BCUT2D eigenvalue weighted by molar-refractivity contribution is 6.31. The minimum Gasteiger partial charge on any atom is -0.352 e. The van der Waals surface area contributed by atoms with Crippen molar-refractivity contribution in [1.82, 2.24) is 24.9 Å². The van der Waals surface area contributed by atoms with E-state index in [1.54, 1.807) is 0 Å². The molecule has 1 saturated heterocycles. The van der Waals surface area contributed by atoms with Gasteiger partial charge < -0.3 is 10.2 Å². The van der Waals surface area contributed by atoms with Crippen molar-refractivity contribution in [2.24, 2.45) is 0 Å². The number of aromatic nitrogens is 2. The highest BCUT2D eigenvalue weighted by atomic mass is 35.5. The number of hydrogen-bond acceptors (Lipinski definition) is 4. The Morgan fingerprint density at radius 3 is 2.50 bits per heavy atom. The van der Waals surface area contributed by atoms with Gasteiger partial charge in [-0.1, -0.05) is 29.8 Å². The third-order valence-electron chi connectivity index (χ3n) is 5.84. The van der Waals surface area contributed by atoms with Gasteiger partial charge >= 0.3 is 0 Å². The summed E-state index contributed by atoms with van der Waals surface area (Å²) in [5, 5.41) is 8.31. The number of piperazine rings is 1. The molecule has 1 aliphatic heterocycles. The van der Waals surface area contributed by atoms with Crippen LogP contribution in [0.1, 0.15) is 40.2 Å². The van der Waals surface area contributed by atoms with Crippen LogP contribution in [0, 0.1) is 13.8 Å². The number of aryl methyl sites for hydroxylation is 1. The number of nitrogens with zero attached hydrogens (tertiary/aromatic N) is 4. The van der Waals surface area contributed by atoms with E-state index in [2.05, 4.69) is 15.3 Å². The molecule has 1 N–H and O–H groups in total. The van der Waals surface area contributed by atoms with E-state index in [9.17, 15) is 9.59 Å². The maximum absolute atomic E-state index is 13.2. The summed E-state index contributed by atoms with van der Waals surface area (Å²) in [6.07, 6.45) is 2.19. The second-order valence-electron chi connectivity index (χ2n) is 8.21. The summed E-state index contributed by atoms with van der Waals surface area (Å²) < 4.78 is 1.85. The molecule has 2 aliphatic rings. The quantitative estimate of drug-likeness (QED) is 0.764. The zero-order valence-electron chi connectivity index (χ0n) is 17.5. The Hall–Kier alpha value is -2.38. The van der Waals surface area contributed by atoms with Gasteiger partial charge in [-0.15, -0.1) is 0 Å². The lowest BCUT2D eigenvalue weighted by molar-refractivity contribution is -0.122. The van der Waals surface area contributed by atoms with Crippen molar-refractivity contribution in [3.63, 3.8) is 0 Å². The third-order valence-corrected chi connectivity index (χ3v) is 6.21. The van der Waals surface area contributed by atoms with Crippen LogP contribution in [0.5, 0.6) is 0 Å². The molecule has 0 unspecified atom stereocenters. The molecule has 0 radical (unpaired) electrons. The summed E-state index contributed by atoms with van der Waals surface area (Å²) in [5.41, 5.74) is 3.23. The van der Waals surface area contributed by atoms with Gasteiger partial charge in [-0.2, -0.15) is 5.10 Å². The predicted molar refractivity (Wildman–Crippen MR) is 116 cm³/mol. The fourth-order valence-corrected chi connectivity index (χ4v) is 4.12. The van der Waals surface area contributed by atoms with Gasteiger partial charge in [-0.25, -0.2) is 0 Å². The molecule has 2 fully saturated rings. The number of benzene rings is 1. The Morgan fingerprint density at radius 1 is 1.13 bits per heavy atom. The summed E-state index contributed by atoms with van der Waals surface area (Å²) in [6, 6.07) is 8.06.